The molecule has 0 spiro atoms. The van der Waals surface area contributed by atoms with Crippen molar-refractivity contribution in [2.75, 3.05) is 13.2 Å². The quantitative estimate of drug-likeness (QED) is 0.695. The Hall–Kier alpha value is -2.84. The molecule has 0 saturated heterocycles. The van der Waals surface area contributed by atoms with Gasteiger partial charge in [-0.1, -0.05) is 18.2 Å². The SMILES string of the molecule is Cc1nn(-c2ccccc2)c(C)c1CNS(=O)(=O)c1ccc2c(c1)OCCCO2. The lowest BCUT2D eigenvalue weighted by Gasteiger charge is -2.11. The molecule has 1 N–H and O–H groups in total. The van der Waals surface area contributed by atoms with Gasteiger partial charge in [0.05, 0.1) is 29.5 Å². The molecule has 1 aromatic heterocycles. The molecule has 0 bridgehead atoms. The summed E-state index contributed by atoms with van der Waals surface area (Å²) >= 11 is 0. The van der Waals surface area contributed by atoms with Crippen molar-refractivity contribution < 1.29 is 17.9 Å². The molecule has 2 heterocycles. The van der Waals surface area contributed by atoms with Crippen LogP contribution in [-0.4, -0.2) is 31.4 Å². The third kappa shape index (κ3) is 3.99. The van der Waals surface area contributed by atoms with E-state index < -0.39 is 10.0 Å². The molecule has 3 aromatic rings. The number of aryl methyl sites for hydroxylation is 1. The topological polar surface area (TPSA) is 82.5 Å². The Morgan fingerprint density at radius 1 is 1.03 bits per heavy atom. The zero-order chi connectivity index (χ0) is 20.4. The van der Waals surface area contributed by atoms with Crippen LogP contribution in [0.25, 0.3) is 5.69 Å². The lowest BCUT2D eigenvalue weighted by atomic mass is 10.2. The van der Waals surface area contributed by atoms with Gasteiger partial charge in [-0.25, -0.2) is 17.8 Å². The molecule has 0 radical (unpaired) electrons. The van der Waals surface area contributed by atoms with Gasteiger partial charge in [0.2, 0.25) is 10.0 Å². The molecule has 1 aliphatic rings. The van der Waals surface area contributed by atoms with Gasteiger partial charge in [-0.05, 0) is 38.1 Å². The summed E-state index contributed by atoms with van der Waals surface area (Å²) in [4.78, 5) is 0.146. The number of sulfonamides is 1. The van der Waals surface area contributed by atoms with E-state index in [2.05, 4.69) is 9.82 Å². The maximum atomic E-state index is 12.8. The Balaban J connectivity index is 1.56. The van der Waals surface area contributed by atoms with Crippen molar-refractivity contribution in [3.05, 3.63) is 65.5 Å². The fraction of sp³-hybridized carbons (Fsp3) is 0.286. The first-order chi connectivity index (χ1) is 14.0. The number of aromatic nitrogens is 2. The highest BCUT2D eigenvalue weighted by molar-refractivity contribution is 7.89. The van der Waals surface area contributed by atoms with Gasteiger partial charge in [0.15, 0.2) is 11.5 Å². The Bertz CT molecular complexity index is 1120. The van der Waals surface area contributed by atoms with Crippen molar-refractivity contribution in [3.63, 3.8) is 0 Å². The number of fused-ring (bicyclic) bond motifs is 1. The van der Waals surface area contributed by atoms with Gasteiger partial charge in [-0.3, -0.25) is 0 Å². The van der Waals surface area contributed by atoms with Crippen molar-refractivity contribution >= 4 is 10.0 Å². The summed E-state index contributed by atoms with van der Waals surface area (Å²) in [6.07, 6.45) is 0.763. The van der Waals surface area contributed by atoms with E-state index in [0.29, 0.717) is 24.7 Å². The van der Waals surface area contributed by atoms with Crippen LogP contribution >= 0.6 is 0 Å². The average Bonchev–Trinajstić information content (AvgIpc) is 2.87. The molecule has 0 fully saturated rings. The normalized spacial score (nSPS) is 13.9. The van der Waals surface area contributed by atoms with Gasteiger partial charge in [0.25, 0.3) is 0 Å². The van der Waals surface area contributed by atoms with Crippen LogP contribution in [0.4, 0.5) is 0 Å². The van der Waals surface area contributed by atoms with Crippen molar-refractivity contribution in [2.24, 2.45) is 0 Å². The minimum atomic E-state index is -3.72. The molecule has 8 heteroatoms. The summed E-state index contributed by atoms with van der Waals surface area (Å²) in [7, 11) is -3.72. The van der Waals surface area contributed by atoms with Crippen molar-refractivity contribution in [1.82, 2.24) is 14.5 Å². The van der Waals surface area contributed by atoms with E-state index in [1.807, 2.05) is 48.9 Å². The molecular formula is C21H23N3O4S. The predicted molar refractivity (Wildman–Crippen MR) is 109 cm³/mol. The lowest BCUT2D eigenvalue weighted by Crippen LogP contribution is -2.24. The fourth-order valence-corrected chi connectivity index (χ4v) is 4.32. The summed E-state index contributed by atoms with van der Waals surface area (Å²) in [5.74, 6) is 1.02. The number of benzene rings is 2. The van der Waals surface area contributed by atoms with Crippen LogP contribution in [0.5, 0.6) is 11.5 Å². The number of nitrogens with zero attached hydrogens (tertiary/aromatic N) is 2. The number of rotatable bonds is 5. The van der Waals surface area contributed by atoms with Crippen LogP contribution in [0.15, 0.2) is 53.4 Å². The molecule has 152 valence electrons. The van der Waals surface area contributed by atoms with Crippen LogP contribution in [0.1, 0.15) is 23.4 Å². The average molecular weight is 413 g/mol. The van der Waals surface area contributed by atoms with E-state index in [4.69, 9.17) is 9.47 Å². The van der Waals surface area contributed by atoms with E-state index in [0.717, 1.165) is 29.1 Å². The fourth-order valence-electron chi connectivity index (χ4n) is 3.31. The Morgan fingerprint density at radius 3 is 2.52 bits per heavy atom. The molecular weight excluding hydrogens is 390 g/mol. The summed E-state index contributed by atoms with van der Waals surface area (Å²) in [5, 5.41) is 4.57. The number of hydrogen-bond donors (Lipinski definition) is 1. The largest absolute Gasteiger partial charge is 0.490 e. The van der Waals surface area contributed by atoms with Crippen LogP contribution in [0, 0.1) is 13.8 Å². The second-order valence-electron chi connectivity index (χ2n) is 6.88. The van der Waals surface area contributed by atoms with E-state index in [-0.39, 0.29) is 11.4 Å². The minimum absolute atomic E-state index is 0.146. The van der Waals surface area contributed by atoms with Crippen molar-refractivity contribution in [1.29, 1.82) is 0 Å². The highest BCUT2D eigenvalue weighted by atomic mass is 32.2. The Kier molecular flexibility index (Phi) is 5.29. The summed E-state index contributed by atoms with van der Waals surface area (Å²) in [6.45, 7) is 5.03. The molecule has 4 rings (SSSR count). The third-order valence-corrected chi connectivity index (χ3v) is 6.31. The molecule has 2 aromatic carbocycles. The first-order valence-electron chi connectivity index (χ1n) is 9.45. The van der Waals surface area contributed by atoms with E-state index in [1.54, 1.807) is 6.07 Å². The highest BCUT2D eigenvalue weighted by Crippen LogP contribution is 2.32. The van der Waals surface area contributed by atoms with Gasteiger partial charge in [-0.2, -0.15) is 5.10 Å². The van der Waals surface area contributed by atoms with Gasteiger partial charge >= 0.3 is 0 Å². The van der Waals surface area contributed by atoms with Crippen LogP contribution in [0.3, 0.4) is 0 Å². The third-order valence-electron chi connectivity index (χ3n) is 4.91. The smallest absolute Gasteiger partial charge is 0.241 e. The van der Waals surface area contributed by atoms with E-state index in [9.17, 15) is 8.42 Å². The molecule has 29 heavy (non-hydrogen) atoms. The summed E-state index contributed by atoms with van der Waals surface area (Å²) < 4.78 is 41.4. The lowest BCUT2D eigenvalue weighted by molar-refractivity contribution is 0.297. The van der Waals surface area contributed by atoms with Gasteiger partial charge in [-0.15, -0.1) is 0 Å². The number of para-hydroxylation sites is 1. The summed E-state index contributed by atoms with van der Waals surface area (Å²) in [6, 6.07) is 14.4. The molecule has 0 saturated carbocycles. The first-order valence-corrected chi connectivity index (χ1v) is 10.9. The Labute approximate surface area is 170 Å². The molecule has 0 amide bonds. The minimum Gasteiger partial charge on any atom is -0.490 e. The predicted octanol–water partition coefficient (Wildman–Crippen LogP) is 3.13. The van der Waals surface area contributed by atoms with Crippen molar-refractivity contribution in [3.8, 4) is 17.2 Å². The van der Waals surface area contributed by atoms with Gasteiger partial charge in [0, 0.05) is 30.3 Å². The number of hydrogen-bond acceptors (Lipinski definition) is 5. The zero-order valence-electron chi connectivity index (χ0n) is 16.4. The second kappa shape index (κ2) is 7.88. The van der Waals surface area contributed by atoms with Crippen LogP contribution in [-0.2, 0) is 16.6 Å². The monoisotopic (exact) mass is 413 g/mol. The molecule has 1 aliphatic heterocycles. The van der Waals surface area contributed by atoms with Crippen LogP contribution < -0.4 is 14.2 Å². The maximum absolute atomic E-state index is 12.8. The number of nitrogens with one attached hydrogen (secondary N) is 1. The molecule has 0 aliphatic carbocycles. The molecule has 0 atom stereocenters. The van der Waals surface area contributed by atoms with Gasteiger partial charge in [0.1, 0.15) is 0 Å². The number of ether oxygens (including phenoxy) is 2. The van der Waals surface area contributed by atoms with Crippen LogP contribution in [0.2, 0.25) is 0 Å². The highest BCUT2D eigenvalue weighted by Gasteiger charge is 2.20. The molecule has 7 nitrogen and oxygen atoms in total. The standard InChI is InChI=1S/C21H23N3O4S/c1-15-19(16(2)24(23-15)17-7-4-3-5-8-17)14-22-29(25,26)18-9-10-20-21(13-18)28-12-6-11-27-20/h3-5,7-10,13,22H,6,11-12,14H2,1-2H3. The Morgan fingerprint density at radius 2 is 1.76 bits per heavy atom. The molecule has 0 unspecified atom stereocenters. The second-order valence-corrected chi connectivity index (χ2v) is 8.65. The van der Waals surface area contributed by atoms with Crippen molar-refractivity contribution in [2.45, 2.75) is 31.7 Å². The first kappa shape index (κ1) is 19.5. The maximum Gasteiger partial charge on any atom is 0.241 e. The van der Waals surface area contributed by atoms with E-state index >= 15 is 0 Å². The van der Waals surface area contributed by atoms with Gasteiger partial charge < -0.3 is 9.47 Å². The zero-order valence-corrected chi connectivity index (χ0v) is 17.2. The van der Waals surface area contributed by atoms with E-state index in [1.165, 1.54) is 12.1 Å². The summed E-state index contributed by atoms with van der Waals surface area (Å²) in [5.41, 5.74) is 3.47.